The number of nitrogens with zero attached hydrogens (tertiary/aromatic N) is 2. The van der Waals surface area contributed by atoms with Crippen LogP contribution in [0, 0.1) is 5.82 Å². The summed E-state index contributed by atoms with van der Waals surface area (Å²) < 4.78 is 13.9. The Morgan fingerprint density at radius 1 is 1.12 bits per heavy atom. The van der Waals surface area contributed by atoms with Gasteiger partial charge >= 0.3 is 0 Å². The maximum Gasteiger partial charge on any atom is 0.253 e. The predicted octanol–water partition coefficient (Wildman–Crippen LogP) is 1.88. The van der Waals surface area contributed by atoms with Gasteiger partial charge in [-0.15, -0.1) is 0 Å². The fourth-order valence-corrected chi connectivity index (χ4v) is 3.18. The first-order valence-electron chi connectivity index (χ1n) is 8.17. The second-order valence-electron chi connectivity index (χ2n) is 6.05. The number of rotatable bonds is 3. The number of fused-ring (bicyclic) bond motifs is 1. The van der Waals surface area contributed by atoms with E-state index in [0.717, 1.165) is 37.4 Å². The number of nitrogens with two attached hydrogens (primary N) is 1. The van der Waals surface area contributed by atoms with Crippen LogP contribution in [0.3, 0.4) is 0 Å². The lowest BCUT2D eigenvalue weighted by Crippen LogP contribution is -2.43. The largest absolute Gasteiger partial charge is 0.369 e. The molecule has 1 aliphatic rings. The molecule has 1 aliphatic heterocycles. The van der Waals surface area contributed by atoms with Crippen LogP contribution in [0.1, 0.15) is 10.4 Å². The van der Waals surface area contributed by atoms with E-state index in [9.17, 15) is 9.18 Å². The van der Waals surface area contributed by atoms with Crippen LogP contribution in [0.2, 0.25) is 0 Å². The zero-order chi connectivity index (χ0) is 17.4. The van der Waals surface area contributed by atoms with Crippen molar-refractivity contribution in [1.29, 1.82) is 0 Å². The van der Waals surface area contributed by atoms with Gasteiger partial charge in [-0.2, -0.15) is 0 Å². The Balaban J connectivity index is 1.70. The van der Waals surface area contributed by atoms with Gasteiger partial charge in [-0.25, -0.2) is 9.37 Å². The van der Waals surface area contributed by atoms with Gasteiger partial charge in [0.2, 0.25) is 0 Å². The van der Waals surface area contributed by atoms with Crippen molar-refractivity contribution in [3.8, 4) is 11.4 Å². The Bertz CT molecular complexity index is 929. The molecular weight excluding hydrogens is 321 g/mol. The maximum atomic E-state index is 13.9. The summed E-state index contributed by atoms with van der Waals surface area (Å²) in [7, 11) is 0. The molecule has 6 nitrogen and oxygen atoms in total. The Hall–Kier alpha value is -2.93. The minimum atomic E-state index is -0.824. The van der Waals surface area contributed by atoms with E-state index < -0.39 is 11.7 Å². The monoisotopic (exact) mass is 339 g/mol. The van der Waals surface area contributed by atoms with Crippen LogP contribution >= 0.6 is 0 Å². The quantitative estimate of drug-likeness (QED) is 0.680. The van der Waals surface area contributed by atoms with Gasteiger partial charge in [-0.1, -0.05) is 0 Å². The van der Waals surface area contributed by atoms with Crippen molar-refractivity contribution in [3.05, 3.63) is 47.8 Å². The van der Waals surface area contributed by atoms with Crippen molar-refractivity contribution < 1.29 is 9.18 Å². The molecule has 1 saturated heterocycles. The summed E-state index contributed by atoms with van der Waals surface area (Å²) in [4.78, 5) is 21.3. The average Bonchev–Trinajstić information content (AvgIpc) is 3.06. The number of aromatic amines is 1. The third-order valence-corrected chi connectivity index (χ3v) is 4.47. The van der Waals surface area contributed by atoms with E-state index in [0.29, 0.717) is 11.3 Å². The first-order valence-corrected chi connectivity index (χ1v) is 8.17. The van der Waals surface area contributed by atoms with Crippen LogP contribution in [-0.2, 0) is 0 Å². The summed E-state index contributed by atoms with van der Waals surface area (Å²) in [5, 5.41) is 3.33. The van der Waals surface area contributed by atoms with Crippen LogP contribution in [0.15, 0.2) is 36.4 Å². The van der Waals surface area contributed by atoms with Gasteiger partial charge in [0.1, 0.15) is 22.7 Å². The summed E-state index contributed by atoms with van der Waals surface area (Å²) in [5.41, 5.74) is 7.97. The summed E-state index contributed by atoms with van der Waals surface area (Å²) in [6.45, 7) is 3.91. The summed E-state index contributed by atoms with van der Waals surface area (Å²) >= 11 is 0. The predicted molar refractivity (Wildman–Crippen MR) is 95.1 cm³/mol. The number of hydrogen-bond donors (Lipinski definition) is 3. The number of benzene rings is 2. The van der Waals surface area contributed by atoms with Crippen molar-refractivity contribution in [2.24, 2.45) is 5.73 Å². The second kappa shape index (κ2) is 6.18. The molecule has 7 heteroatoms. The molecular formula is C18H18FN5O. The normalized spacial score (nSPS) is 14.8. The fourth-order valence-electron chi connectivity index (χ4n) is 3.18. The molecule has 1 amide bonds. The number of carbonyl (C=O) groups excluding carboxylic acids is 1. The second-order valence-corrected chi connectivity index (χ2v) is 6.05. The molecule has 128 valence electrons. The van der Waals surface area contributed by atoms with E-state index in [1.807, 2.05) is 24.3 Å². The lowest BCUT2D eigenvalue weighted by Gasteiger charge is -2.29. The first kappa shape index (κ1) is 15.6. The number of aromatic nitrogens is 2. The first-order chi connectivity index (χ1) is 12.1. The highest BCUT2D eigenvalue weighted by Gasteiger charge is 2.17. The van der Waals surface area contributed by atoms with Gasteiger partial charge in [0.15, 0.2) is 0 Å². The number of halogens is 1. The summed E-state index contributed by atoms with van der Waals surface area (Å²) in [5.74, 6) is -0.905. The molecule has 0 bridgehead atoms. The smallest absolute Gasteiger partial charge is 0.253 e. The molecule has 25 heavy (non-hydrogen) atoms. The fraction of sp³-hybridized carbons (Fsp3) is 0.222. The number of H-pyrrole nitrogens is 1. The number of carbonyl (C=O) groups is 1. The highest BCUT2D eigenvalue weighted by Crippen LogP contribution is 2.26. The molecule has 0 saturated carbocycles. The number of hydrogen-bond acceptors (Lipinski definition) is 4. The maximum absolute atomic E-state index is 13.9. The molecule has 2 aromatic carbocycles. The van der Waals surface area contributed by atoms with Crippen LogP contribution < -0.4 is 16.0 Å². The minimum Gasteiger partial charge on any atom is -0.369 e. The van der Waals surface area contributed by atoms with Crippen LogP contribution in [-0.4, -0.2) is 42.1 Å². The summed E-state index contributed by atoms with van der Waals surface area (Å²) in [6.07, 6.45) is 0. The molecule has 3 aromatic rings. The van der Waals surface area contributed by atoms with Crippen molar-refractivity contribution >= 4 is 22.6 Å². The number of primary amides is 1. The lowest BCUT2D eigenvalue weighted by molar-refractivity contribution is 0.0998. The molecule has 4 rings (SSSR count). The Morgan fingerprint density at radius 2 is 1.84 bits per heavy atom. The van der Waals surface area contributed by atoms with E-state index in [4.69, 9.17) is 5.73 Å². The van der Waals surface area contributed by atoms with Gasteiger partial charge in [0, 0.05) is 37.4 Å². The van der Waals surface area contributed by atoms with E-state index >= 15 is 0 Å². The zero-order valence-electron chi connectivity index (χ0n) is 13.6. The number of amides is 1. The van der Waals surface area contributed by atoms with Crippen LogP contribution in [0.4, 0.5) is 10.1 Å². The third kappa shape index (κ3) is 2.83. The van der Waals surface area contributed by atoms with E-state index in [2.05, 4.69) is 20.2 Å². The van der Waals surface area contributed by atoms with Crippen LogP contribution in [0.5, 0.6) is 0 Å². The molecule has 0 atom stereocenters. The average molecular weight is 339 g/mol. The minimum absolute atomic E-state index is 0.183. The van der Waals surface area contributed by atoms with Crippen molar-refractivity contribution in [3.63, 3.8) is 0 Å². The van der Waals surface area contributed by atoms with E-state index in [-0.39, 0.29) is 11.1 Å². The van der Waals surface area contributed by atoms with Crippen LogP contribution in [0.25, 0.3) is 22.4 Å². The van der Waals surface area contributed by atoms with Gasteiger partial charge < -0.3 is 20.9 Å². The Kier molecular flexibility index (Phi) is 3.85. The highest BCUT2D eigenvalue weighted by atomic mass is 19.1. The molecule has 2 heterocycles. The van der Waals surface area contributed by atoms with Crippen molar-refractivity contribution in [1.82, 2.24) is 15.3 Å². The Morgan fingerprint density at radius 3 is 2.52 bits per heavy atom. The molecule has 0 radical (unpaired) electrons. The lowest BCUT2D eigenvalue weighted by atomic mass is 10.1. The molecule has 0 unspecified atom stereocenters. The van der Waals surface area contributed by atoms with Gasteiger partial charge in [-0.3, -0.25) is 4.79 Å². The van der Waals surface area contributed by atoms with Crippen molar-refractivity contribution in [2.75, 3.05) is 31.1 Å². The van der Waals surface area contributed by atoms with Gasteiger partial charge in [0.05, 0.1) is 5.52 Å². The zero-order valence-corrected chi connectivity index (χ0v) is 13.6. The van der Waals surface area contributed by atoms with E-state index in [1.54, 1.807) is 6.07 Å². The highest BCUT2D eigenvalue weighted by molar-refractivity contribution is 6.04. The van der Waals surface area contributed by atoms with Gasteiger partial charge in [-0.05, 0) is 36.4 Å². The molecule has 4 N–H and O–H groups in total. The Labute approximate surface area is 143 Å². The third-order valence-electron chi connectivity index (χ3n) is 4.47. The summed E-state index contributed by atoms with van der Waals surface area (Å²) in [6, 6.07) is 10.8. The number of anilines is 1. The molecule has 0 spiro atoms. The topological polar surface area (TPSA) is 87.0 Å². The number of piperazine rings is 1. The van der Waals surface area contributed by atoms with Gasteiger partial charge in [0.25, 0.3) is 5.91 Å². The molecule has 1 fully saturated rings. The number of imidazole rings is 1. The standard InChI is InChI=1S/C18H18FN5O/c19-13-5-6-14-16(15(13)17(20)25)23-18(22-14)11-1-3-12(4-2-11)24-9-7-21-8-10-24/h1-6,21H,7-10H2,(H2,20,25)(H,22,23). The van der Waals surface area contributed by atoms with Crippen molar-refractivity contribution in [2.45, 2.75) is 0 Å². The SMILES string of the molecule is NC(=O)c1c(F)ccc2[nH]c(-c3ccc(N4CCNCC4)cc3)nc12. The number of nitrogens with one attached hydrogen (secondary N) is 2. The molecule has 1 aromatic heterocycles. The molecule has 0 aliphatic carbocycles. The van der Waals surface area contributed by atoms with E-state index in [1.165, 1.54) is 6.07 Å².